The van der Waals surface area contributed by atoms with Crippen molar-refractivity contribution in [3.8, 4) is 28.3 Å². The van der Waals surface area contributed by atoms with Gasteiger partial charge in [0.25, 0.3) is 0 Å². The van der Waals surface area contributed by atoms with Gasteiger partial charge in [-0.2, -0.15) is 0 Å². The third-order valence-electron chi connectivity index (χ3n) is 4.31. The zero-order chi connectivity index (χ0) is 17.1. The lowest BCUT2D eigenvalue weighted by Crippen LogP contribution is -1.96. The highest BCUT2D eigenvalue weighted by molar-refractivity contribution is 5.67. The molecule has 1 aromatic heterocycles. The molecule has 0 unspecified atom stereocenters. The van der Waals surface area contributed by atoms with E-state index in [1.807, 2.05) is 36.4 Å². The van der Waals surface area contributed by atoms with Gasteiger partial charge < -0.3 is 0 Å². The van der Waals surface area contributed by atoms with E-state index in [2.05, 4.69) is 66.2 Å². The van der Waals surface area contributed by atoms with Crippen LogP contribution in [0.2, 0.25) is 0 Å². The van der Waals surface area contributed by atoms with Crippen molar-refractivity contribution in [1.82, 2.24) is 9.55 Å². The lowest BCUT2D eigenvalue weighted by Gasteiger charge is -2.08. The van der Waals surface area contributed by atoms with Gasteiger partial charge in [-0.15, -0.1) is 0 Å². The van der Waals surface area contributed by atoms with E-state index in [1.165, 1.54) is 5.56 Å². The molecule has 0 bridgehead atoms. The van der Waals surface area contributed by atoms with Gasteiger partial charge in [0.1, 0.15) is 5.82 Å². The van der Waals surface area contributed by atoms with Gasteiger partial charge in [-0.25, -0.2) is 4.98 Å². The molecule has 1 heterocycles. The number of hydrogen-bond donors (Lipinski definition) is 0. The van der Waals surface area contributed by atoms with E-state index >= 15 is 0 Å². The van der Waals surface area contributed by atoms with Crippen molar-refractivity contribution in [3.63, 3.8) is 0 Å². The summed E-state index contributed by atoms with van der Waals surface area (Å²) in [7, 11) is 0. The Bertz CT molecular complexity index is 952. The summed E-state index contributed by atoms with van der Waals surface area (Å²) in [5.41, 5.74) is 5.53. The van der Waals surface area contributed by atoms with Crippen LogP contribution in [-0.2, 0) is 6.42 Å². The fraction of sp³-hybridized carbons (Fsp3) is 0.0435. The SMILES string of the molecule is [CH2]Cc1ccc(-n2cc(-c3ccccc3)nc2-c2ccccc2)cc1. The maximum Gasteiger partial charge on any atom is 0.145 e. The summed E-state index contributed by atoms with van der Waals surface area (Å²) in [6.07, 6.45) is 2.90. The molecule has 0 atom stereocenters. The Kier molecular flexibility index (Phi) is 4.17. The number of rotatable bonds is 4. The molecule has 121 valence electrons. The third kappa shape index (κ3) is 3.11. The first-order chi connectivity index (χ1) is 12.3. The maximum absolute atomic E-state index is 4.92. The minimum atomic E-state index is 0.797. The number of imidazole rings is 1. The molecule has 0 aliphatic carbocycles. The fourth-order valence-electron chi connectivity index (χ4n) is 2.94. The summed E-state index contributed by atoms with van der Waals surface area (Å²) in [5.74, 6) is 0.946. The summed E-state index contributed by atoms with van der Waals surface area (Å²) >= 11 is 0. The Balaban J connectivity index is 1.87. The second-order valence-electron chi connectivity index (χ2n) is 5.97. The Morgan fingerprint density at radius 1 is 0.720 bits per heavy atom. The second kappa shape index (κ2) is 6.78. The first kappa shape index (κ1) is 15.4. The molecule has 0 N–H and O–H groups in total. The second-order valence-corrected chi connectivity index (χ2v) is 5.97. The van der Waals surface area contributed by atoms with E-state index in [0.29, 0.717) is 0 Å². The Labute approximate surface area is 148 Å². The quantitative estimate of drug-likeness (QED) is 0.479. The van der Waals surface area contributed by atoms with Crippen LogP contribution in [0.15, 0.2) is 91.1 Å². The summed E-state index contributed by atoms with van der Waals surface area (Å²) in [6, 6.07) is 29.1. The van der Waals surface area contributed by atoms with Crippen molar-refractivity contribution in [2.75, 3.05) is 0 Å². The molecule has 0 spiro atoms. The molecule has 3 aromatic carbocycles. The molecule has 2 nitrogen and oxygen atoms in total. The monoisotopic (exact) mass is 323 g/mol. The van der Waals surface area contributed by atoms with Gasteiger partial charge in [-0.05, 0) is 31.0 Å². The van der Waals surface area contributed by atoms with Gasteiger partial charge in [0, 0.05) is 23.0 Å². The lowest BCUT2D eigenvalue weighted by atomic mass is 10.1. The molecule has 4 aromatic rings. The van der Waals surface area contributed by atoms with Crippen LogP contribution in [0.1, 0.15) is 5.56 Å². The minimum Gasteiger partial charge on any atom is -0.299 e. The number of benzene rings is 3. The third-order valence-corrected chi connectivity index (χ3v) is 4.31. The molecule has 0 amide bonds. The first-order valence-corrected chi connectivity index (χ1v) is 8.44. The summed E-state index contributed by atoms with van der Waals surface area (Å²) < 4.78 is 2.16. The molecule has 0 saturated carbocycles. The molecule has 0 aliphatic heterocycles. The van der Waals surface area contributed by atoms with Crippen LogP contribution in [0.3, 0.4) is 0 Å². The zero-order valence-electron chi connectivity index (χ0n) is 14.0. The van der Waals surface area contributed by atoms with E-state index in [4.69, 9.17) is 4.98 Å². The average molecular weight is 323 g/mol. The summed E-state index contributed by atoms with van der Waals surface area (Å²) in [6.45, 7) is 3.95. The average Bonchev–Trinajstić information content (AvgIpc) is 3.15. The topological polar surface area (TPSA) is 17.8 Å². The normalized spacial score (nSPS) is 10.8. The van der Waals surface area contributed by atoms with Crippen LogP contribution in [-0.4, -0.2) is 9.55 Å². The van der Waals surface area contributed by atoms with E-state index < -0.39 is 0 Å². The predicted octanol–water partition coefficient (Wildman–Crippen LogP) is 5.58. The minimum absolute atomic E-state index is 0.797. The van der Waals surface area contributed by atoms with E-state index in [9.17, 15) is 0 Å². The Morgan fingerprint density at radius 2 is 1.32 bits per heavy atom. The van der Waals surface area contributed by atoms with Crippen LogP contribution in [0.5, 0.6) is 0 Å². The van der Waals surface area contributed by atoms with Gasteiger partial charge in [0.15, 0.2) is 0 Å². The van der Waals surface area contributed by atoms with Gasteiger partial charge in [0.2, 0.25) is 0 Å². The van der Waals surface area contributed by atoms with Gasteiger partial charge >= 0.3 is 0 Å². The molecular formula is C23H19N2. The van der Waals surface area contributed by atoms with Gasteiger partial charge in [-0.3, -0.25) is 4.57 Å². The zero-order valence-corrected chi connectivity index (χ0v) is 14.0. The number of hydrogen-bond acceptors (Lipinski definition) is 1. The maximum atomic E-state index is 4.92. The van der Waals surface area contributed by atoms with Crippen LogP contribution >= 0.6 is 0 Å². The highest BCUT2D eigenvalue weighted by atomic mass is 15.1. The van der Waals surface area contributed by atoms with Crippen molar-refractivity contribution in [3.05, 3.63) is 104 Å². The fourth-order valence-corrected chi connectivity index (χ4v) is 2.94. The first-order valence-electron chi connectivity index (χ1n) is 8.44. The van der Waals surface area contributed by atoms with Crippen molar-refractivity contribution in [2.24, 2.45) is 0 Å². The van der Waals surface area contributed by atoms with Crippen LogP contribution in [0, 0.1) is 6.92 Å². The molecule has 25 heavy (non-hydrogen) atoms. The highest BCUT2D eigenvalue weighted by Crippen LogP contribution is 2.27. The van der Waals surface area contributed by atoms with Gasteiger partial charge in [-0.1, -0.05) is 72.8 Å². The molecule has 0 aliphatic rings. The summed E-state index contributed by atoms with van der Waals surface area (Å²) in [5, 5.41) is 0. The van der Waals surface area contributed by atoms with E-state index in [1.54, 1.807) is 0 Å². The van der Waals surface area contributed by atoms with E-state index in [-0.39, 0.29) is 0 Å². The lowest BCUT2D eigenvalue weighted by molar-refractivity contribution is 1.06. The van der Waals surface area contributed by atoms with E-state index in [0.717, 1.165) is 34.8 Å². The van der Waals surface area contributed by atoms with Crippen molar-refractivity contribution < 1.29 is 0 Å². The van der Waals surface area contributed by atoms with Crippen LogP contribution < -0.4 is 0 Å². The Hall–Kier alpha value is -3.13. The molecule has 4 rings (SSSR count). The number of nitrogens with zero attached hydrogens (tertiary/aromatic N) is 2. The van der Waals surface area contributed by atoms with Crippen molar-refractivity contribution in [1.29, 1.82) is 0 Å². The van der Waals surface area contributed by atoms with Gasteiger partial charge in [0.05, 0.1) is 5.69 Å². The molecule has 0 saturated heterocycles. The summed E-state index contributed by atoms with van der Waals surface area (Å²) in [4.78, 5) is 4.92. The largest absolute Gasteiger partial charge is 0.299 e. The highest BCUT2D eigenvalue weighted by Gasteiger charge is 2.12. The molecule has 1 radical (unpaired) electrons. The number of aromatic nitrogens is 2. The van der Waals surface area contributed by atoms with Crippen molar-refractivity contribution in [2.45, 2.75) is 6.42 Å². The van der Waals surface area contributed by atoms with Crippen LogP contribution in [0.4, 0.5) is 0 Å². The molecule has 2 heteroatoms. The molecule has 0 fully saturated rings. The Morgan fingerprint density at radius 3 is 1.92 bits per heavy atom. The van der Waals surface area contributed by atoms with Crippen molar-refractivity contribution >= 4 is 0 Å². The standard InChI is InChI=1S/C23H19N2/c1-2-18-13-15-21(16-14-18)25-17-22(19-9-5-3-6-10-19)24-23(25)20-11-7-4-8-12-20/h3-17H,1-2H2. The smallest absolute Gasteiger partial charge is 0.145 e. The molecular weight excluding hydrogens is 304 g/mol. The van der Waals surface area contributed by atoms with Crippen LogP contribution in [0.25, 0.3) is 28.3 Å². The predicted molar refractivity (Wildman–Crippen MR) is 103 cm³/mol.